The smallest absolute Gasteiger partial charge is 0.194 e. The standard InChI is InChI=1S/C12H14F3NOS/c13-10-3-9(4-11(14)12(10)15)6-16(18)5-8-1-2-17-7-8/h3-4,8,18H,1-2,5-7H2. The van der Waals surface area contributed by atoms with Crippen LogP contribution < -0.4 is 0 Å². The summed E-state index contributed by atoms with van der Waals surface area (Å²) in [5, 5.41) is 0. The Labute approximate surface area is 109 Å². The lowest BCUT2D eigenvalue weighted by molar-refractivity contribution is 0.181. The molecule has 100 valence electrons. The summed E-state index contributed by atoms with van der Waals surface area (Å²) in [6, 6.07) is 1.99. The summed E-state index contributed by atoms with van der Waals surface area (Å²) in [5.74, 6) is -3.39. The monoisotopic (exact) mass is 277 g/mol. The molecule has 1 aromatic rings. The summed E-state index contributed by atoms with van der Waals surface area (Å²) in [6.45, 7) is 2.35. The van der Waals surface area contributed by atoms with E-state index < -0.39 is 17.5 Å². The van der Waals surface area contributed by atoms with E-state index in [2.05, 4.69) is 12.8 Å². The average molecular weight is 277 g/mol. The van der Waals surface area contributed by atoms with Crippen LogP contribution in [0.2, 0.25) is 0 Å². The van der Waals surface area contributed by atoms with Crippen LogP contribution in [0.1, 0.15) is 12.0 Å². The predicted molar refractivity (Wildman–Crippen MR) is 64.6 cm³/mol. The molecular weight excluding hydrogens is 263 g/mol. The summed E-state index contributed by atoms with van der Waals surface area (Å²) in [7, 11) is 0. The van der Waals surface area contributed by atoms with Crippen molar-refractivity contribution in [1.82, 2.24) is 4.31 Å². The maximum Gasteiger partial charge on any atom is 0.194 e. The number of hydrogen-bond donors (Lipinski definition) is 1. The lowest BCUT2D eigenvalue weighted by Gasteiger charge is -2.18. The van der Waals surface area contributed by atoms with Gasteiger partial charge in [-0.2, -0.15) is 0 Å². The number of rotatable bonds is 4. The van der Waals surface area contributed by atoms with E-state index in [4.69, 9.17) is 4.74 Å². The van der Waals surface area contributed by atoms with E-state index in [-0.39, 0.29) is 6.54 Å². The minimum Gasteiger partial charge on any atom is -0.381 e. The van der Waals surface area contributed by atoms with Gasteiger partial charge in [-0.05, 0) is 30.0 Å². The molecule has 0 saturated carbocycles. The Hall–Kier alpha value is -0.720. The number of ether oxygens (including phenoxy) is 1. The molecule has 0 amide bonds. The van der Waals surface area contributed by atoms with Crippen LogP contribution >= 0.6 is 12.8 Å². The summed E-state index contributed by atoms with van der Waals surface area (Å²) in [5.41, 5.74) is 0.361. The van der Waals surface area contributed by atoms with Gasteiger partial charge in [0.2, 0.25) is 0 Å². The van der Waals surface area contributed by atoms with Crippen LogP contribution in [-0.4, -0.2) is 24.1 Å². The van der Waals surface area contributed by atoms with Crippen LogP contribution in [0, 0.1) is 23.4 Å². The molecular formula is C12H14F3NOS. The van der Waals surface area contributed by atoms with Crippen LogP contribution in [0.15, 0.2) is 12.1 Å². The van der Waals surface area contributed by atoms with E-state index in [1.54, 1.807) is 4.31 Å². The third-order valence-corrected chi connectivity index (χ3v) is 3.21. The topological polar surface area (TPSA) is 12.5 Å². The molecule has 0 bridgehead atoms. The minimum absolute atomic E-state index is 0.258. The maximum absolute atomic E-state index is 13.0. The van der Waals surface area contributed by atoms with Gasteiger partial charge in [-0.3, -0.25) is 0 Å². The quantitative estimate of drug-likeness (QED) is 0.671. The molecule has 1 unspecified atom stereocenters. The molecule has 0 spiro atoms. The molecule has 0 N–H and O–H groups in total. The van der Waals surface area contributed by atoms with E-state index in [0.717, 1.165) is 25.2 Å². The third kappa shape index (κ3) is 3.40. The van der Waals surface area contributed by atoms with Crippen molar-refractivity contribution in [3.8, 4) is 0 Å². The molecule has 18 heavy (non-hydrogen) atoms. The SMILES string of the molecule is Fc1cc(CN(S)CC2CCOC2)cc(F)c1F. The van der Waals surface area contributed by atoms with Crippen LogP contribution in [0.25, 0.3) is 0 Å². The van der Waals surface area contributed by atoms with E-state index >= 15 is 0 Å². The number of benzene rings is 1. The fourth-order valence-corrected chi connectivity index (χ4v) is 2.39. The maximum atomic E-state index is 13.0. The Balaban J connectivity index is 1.95. The first-order valence-corrected chi connectivity index (χ1v) is 6.11. The van der Waals surface area contributed by atoms with Crippen molar-refractivity contribution in [2.45, 2.75) is 13.0 Å². The minimum atomic E-state index is -1.44. The lowest BCUT2D eigenvalue weighted by atomic mass is 10.1. The van der Waals surface area contributed by atoms with Crippen LogP contribution in [0.3, 0.4) is 0 Å². The van der Waals surface area contributed by atoms with Crippen molar-refractivity contribution in [1.29, 1.82) is 0 Å². The Morgan fingerprint density at radius 1 is 1.28 bits per heavy atom. The zero-order valence-electron chi connectivity index (χ0n) is 9.70. The zero-order valence-corrected chi connectivity index (χ0v) is 10.6. The highest BCUT2D eigenvalue weighted by molar-refractivity contribution is 7.77. The first kappa shape index (κ1) is 13.7. The number of thiol groups is 1. The van der Waals surface area contributed by atoms with Crippen molar-refractivity contribution in [3.05, 3.63) is 35.1 Å². The highest BCUT2D eigenvalue weighted by atomic mass is 32.1. The van der Waals surface area contributed by atoms with Crippen molar-refractivity contribution >= 4 is 12.8 Å². The summed E-state index contributed by atoms with van der Waals surface area (Å²) < 4.78 is 45.7. The van der Waals surface area contributed by atoms with E-state index in [1.165, 1.54) is 0 Å². The fraction of sp³-hybridized carbons (Fsp3) is 0.500. The second kappa shape index (κ2) is 5.95. The molecule has 1 aromatic carbocycles. The molecule has 2 rings (SSSR count). The number of nitrogens with zero attached hydrogens (tertiary/aromatic N) is 1. The van der Waals surface area contributed by atoms with Crippen molar-refractivity contribution < 1.29 is 17.9 Å². The molecule has 1 heterocycles. The van der Waals surface area contributed by atoms with Gasteiger partial charge in [0, 0.05) is 19.7 Å². The first-order chi connectivity index (χ1) is 8.56. The molecule has 1 aliphatic rings. The number of halogens is 3. The second-order valence-electron chi connectivity index (χ2n) is 4.45. The van der Waals surface area contributed by atoms with Crippen molar-refractivity contribution in [3.63, 3.8) is 0 Å². The molecule has 1 aliphatic heterocycles. The third-order valence-electron chi connectivity index (χ3n) is 2.90. The van der Waals surface area contributed by atoms with Crippen LogP contribution in [0.5, 0.6) is 0 Å². The molecule has 6 heteroatoms. The van der Waals surface area contributed by atoms with Crippen molar-refractivity contribution in [2.24, 2.45) is 5.92 Å². The summed E-state index contributed by atoms with van der Waals surface area (Å²) in [4.78, 5) is 0. The fourth-order valence-electron chi connectivity index (χ4n) is 2.00. The molecule has 1 fully saturated rings. The highest BCUT2D eigenvalue weighted by Gasteiger charge is 2.18. The van der Waals surface area contributed by atoms with Gasteiger partial charge in [0.1, 0.15) is 0 Å². The molecule has 1 atom stereocenters. The zero-order chi connectivity index (χ0) is 13.1. The van der Waals surface area contributed by atoms with Gasteiger partial charge in [0.15, 0.2) is 17.5 Å². The van der Waals surface area contributed by atoms with Gasteiger partial charge < -0.3 is 4.74 Å². The number of hydrogen-bond acceptors (Lipinski definition) is 3. The Bertz CT molecular complexity index is 401. The Morgan fingerprint density at radius 2 is 1.94 bits per heavy atom. The van der Waals surface area contributed by atoms with Gasteiger partial charge in [0.05, 0.1) is 6.61 Å². The molecule has 0 radical (unpaired) electrons. The van der Waals surface area contributed by atoms with E-state index in [1.807, 2.05) is 0 Å². The van der Waals surface area contributed by atoms with Crippen molar-refractivity contribution in [2.75, 3.05) is 19.8 Å². The second-order valence-corrected chi connectivity index (χ2v) is 5.02. The predicted octanol–water partition coefficient (Wildman–Crippen LogP) is 2.79. The van der Waals surface area contributed by atoms with E-state index in [9.17, 15) is 13.2 Å². The van der Waals surface area contributed by atoms with E-state index in [0.29, 0.717) is 24.6 Å². The Kier molecular flexibility index (Phi) is 4.53. The molecule has 0 aliphatic carbocycles. The molecule has 1 saturated heterocycles. The van der Waals surface area contributed by atoms with Gasteiger partial charge in [-0.1, -0.05) is 12.8 Å². The lowest BCUT2D eigenvalue weighted by Crippen LogP contribution is -2.21. The normalized spacial score (nSPS) is 19.7. The molecule has 0 aromatic heterocycles. The molecule has 2 nitrogen and oxygen atoms in total. The van der Waals surface area contributed by atoms with Crippen LogP contribution in [0.4, 0.5) is 13.2 Å². The van der Waals surface area contributed by atoms with Gasteiger partial charge in [-0.15, -0.1) is 0 Å². The first-order valence-electron chi connectivity index (χ1n) is 5.71. The van der Waals surface area contributed by atoms with Gasteiger partial charge in [0.25, 0.3) is 0 Å². The largest absolute Gasteiger partial charge is 0.381 e. The average Bonchev–Trinajstić information content (AvgIpc) is 2.78. The summed E-state index contributed by atoms with van der Waals surface area (Å²) >= 11 is 4.25. The Morgan fingerprint density at radius 3 is 2.50 bits per heavy atom. The highest BCUT2D eigenvalue weighted by Crippen LogP contribution is 2.19. The summed E-state index contributed by atoms with van der Waals surface area (Å²) in [6.07, 6.45) is 0.962. The van der Waals surface area contributed by atoms with Gasteiger partial charge in [-0.25, -0.2) is 17.5 Å². The van der Waals surface area contributed by atoms with Gasteiger partial charge >= 0.3 is 0 Å². The van der Waals surface area contributed by atoms with Crippen LogP contribution in [-0.2, 0) is 11.3 Å².